The van der Waals surface area contributed by atoms with Gasteiger partial charge in [0.1, 0.15) is 0 Å². The quantitative estimate of drug-likeness (QED) is 0.634. The highest BCUT2D eigenvalue weighted by atomic mass is 35.5. The Morgan fingerprint density at radius 1 is 1.04 bits per heavy atom. The van der Waals surface area contributed by atoms with Crippen molar-refractivity contribution < 1.29 is 19.4 Å². The molecule has 0 amide bonds. The number of carboxylic acids is 1. The second-order valence-corrected chi connectivity index (χ2v) is 5.52. The maximum atomic E-state index is 11.8. The molecule has 0 unspecified atom stereocenters. The molecule has 7 heteroatoms. The number of carboxylic acid groups (broad SMARTS) is 1. The number of esters is 1. The van der Waals surface area contributed by atoms with Crippen molar-refractivity contribution in [2.24, 2.45) is 0 Å². The van der Waals surface area contributed by atoms with Crippen LogP contribution in [-0.2, 0) is 20.7 Å². The molecule has 0 aromatic heterocycles. The molecule has 120 valence electrons. The second-order valence-electron chi connectivity index (χ2n) is 4.71. The highest BCUT2D eigenvalue weighted by molar-refractivity contribution is 6.39. The standard InChI is InChI=1S/C16H13Cl2NO4/c17-10-4-2-5-11(18)16(10)15-9(3-1-6-12(15)19)7-14(22)23-8-13(20)21/h1-6H,7-8,19H2,(H,20,21). The molecule has 0 radical (unpaired) electrons. The lowest BCUT2D eigenvalue weighted by atomic mass is 9.95. The van der Waals surface area contributed by atoms with E-state index in [4.69, 9.17) is 34.0 Å². The third-order valence-electron chi connectivity index (χ3n) is 3.09. The van der Waals surface area contributed by atoms with Gasteiger partial charge in [-0.2, -0.15) is 0 Å². The smallest absolute Gasteiger partial charge is 0.341 e. The third-order valence-corrected chi connectivity index (χ3v) is 3.72. The molecule has 0 saturated heterocycles. The molecule has 2 aromatic carbocycles. The molecule has 0 aliphatic rings. The van der Waals surface area contributed by atoms with Crippen LogP contribution in [0.25, 0.3) is 11.1 Å². The minimum Gasteiger partial charge on any atom is -0.479 e. The molecular formula is C16H13Cl2NO4. The Morgan fingerprint density at radius 3 is 2.26 bits per heavy atom. The molecule has 0 atom stereocenters. The van der Waals surface area contributed by atoms with Crippen molar-refractivity contribution in [3.8, 4) is 11.1 Å². The van der Waals surface area contributed by atoms with Crippen LogP contribution in [-0.4, -0.2) is 23.7 Å². The summed E-state index contributed by atoms with van der Waals surface area (Å²) in [6, 6.07) is 10.1. The summed E-state index contributed by atoms with van der Waals surface area (Å²) in [7, 11) is 0. The zero-order valence-electron chi connectivity index (χ0n) is 11.9. The van der Waals surface area contributed by atoms with Gasteiger partial charge in [0.2, 0.25) is 0 Å². The van der Waals surface area contributed by atoms with E-state index in [1.165, 1.54) is 0 Å². The minimum absolute atomic E-state index is 0.144. The van der Waals surface area contributed by atoms with Crippen LogP contribution in [0.4, 0.5) is 5.69 Å². The van der Waals surface area contributed by atoms with Gasteiger partial charge in [0, 0.05) is 26.9 Å². The fraction of sp³-hybridized carbons (Fsp3) is 0.125. The molecular weight excluding hydrogens is 341 g/mol. The van der Waals surface area contributed by atoms with Gasteiger partial charge in [-0.15, -0.1) is 0 Å². The molecule has 0 aliphatic carbocycles. The summed E-state index contributed by atoms with van der Waals surface area (Å²) in [5.74, 6) is -1.90. The lowest BCUT2D eigenvalue weighted by Crippen LogP contribution is -2.15. The van der Waals surface area contributed by atoms with Gasteiger partial charge in [0.15, 0.2) is 6.61 Å². The first kappa shape index (κ1) is 17.1. The number of anilines is 1. The Kier molecular flexibility index (Phi) is 5.47. The lowest BCUT2D eigenvalue weighted by Gasteiger charge is -2.15. The summed E-state index contributed by atoms with van der Waals surface area (Å²) < 4.78 is 4.65. The van der Waals surface area contributed by atoms with Gasteiger partial charge < -0.3 is 15.6 Å². The molecule has 23 heavy (non-hydrogen) atoms. The van der Waals surface area contributed by atoms with Crippen molar-refractivity contribution >= 4 is 40.8 Å². The van der Waals surface area contributed by atoms with Crippen molar-refractivity contribution in [1.82, 2.24) is 0 Å². The van der Waals surface area contributed by atoms with Crippen LogP contribution in [0.15, 0.2) is 36.4 Å². The maximum Gasteiger partial charge on any atom is 0.341 e. The summed E-state index contributed by atoms with van der Waals surface area (Å²) in [6.45, 7) is -0.691. The van der Waals surface area contributed by atoms with Crippen LogP contribution in [0.5, 0.6) is 0 Å². The van der Waals surface area contributed by atoms with Crippen LogP contribution in [0.3, 0.4) is 0 Å². The van der Waals surface area contributed by atoms with E-state index in [9.17, 15) is 9.59 Å². The Balaban J connectivity index is 2.41. The van der Waals surface area contributed by atoms with E-state index in [0.29, 0.717) is 32.4 Å². The number of halogens is 2. The number of carbonyl (C=O) groups excluding carboxylic acids is 1. The lowest BCUT2D eigenvalue weighted by molar-refractivity contribution is -0.154. The first-order valence-electron chi connectivity index (χ1n) is 6.59. The first-order valence-corrected chi connectivity index (χ1v) is 7.35. The van der Waals surface area contributed by atoms with Gasteiger partial charge in [0.25, 0.3) is 0 Å². The van der Waals surface area contributed by atoms with Crippen molar-refractivity contribution in [2.45, 2.75) is 6.42 Å². The SMILES string of the molecule is Nc1cccc(CC(=O)OCC(=O)O)c1-c1c(Cl)cccc1Cl. The Bertz CT molecular complexity index is 741. The molecule has 3 N–H and O–H groups in total. The minimum atomic E-state index is -1.22. The van der Waals surface area contributed by atoms with Crippen LogP contribution < -0.4 is 5.73 Å². The summed E-state index contributed by atoms with van der Waals surface area (Å²) in [4.78, 5) is 22.2. The maximum absolute atomic E-state index is 11.8. The van der Waals surface area contributed by atoms with Crippen molar-refractivity contribution in [1.29, 1.82) is 0 Å². The molecule has 2 aromatic rings. The number of aliphatic carboxylic acids is 1. The average molecular weight is 354 g/mol. The van der Waals surface area contributed by atoms with E-state index < -0.39 is 18.5 Å². The molecule has 0 spiro atoms. The summed E-state index contributed by atoms with van der Waals surface area (Å²) >= 11 is 12.4. The van der Waals surface area contributed by atoms with Crippen LogP contribution in [0, 0.1) is 0 Å². The Morgan fingerprint density at radius 2 is 1.65 bits per heavy atom. The van der Waals surface area contributed by atoms with E-state index in [2.05, 4.69) is 4.74 Å². The highest BCUT2D eigenvalue weighted by Crippen LogP contribution is 2.39. The number of ether oxygens (including phenoxy) is 1. The van der Waals surface area contributed by atoms with Gasteiger partial charge >= 0.3 is 11.9 Å². The van der Waals surface area contributed by atoms with Crippen LogP contribution >= 0.6 is 23.2 Å². The summed E-state index contributed by atoms with van der Waals surface area (Å²) in [5.41, 5.74) is 8.04. The van der Waals surface area contributed by atoms with E-state index >= 15 is 0 Å². The topological polar surface area (TPSA) is 89.6 Å². The predicted molar refractivity (Wildman–Crippen MR) is 88.6 cm³/mol. The van der Waals surface area contributed by atoms with Crippen LogP contribution in [0.2, 0.25) is 10.0 Å². The second kappa shape index (κ2) is 7.35. The van der Waals surface area contributed by atoms with Gasteiger partial charge in [-0.25, -0.2) is 4.79 Å². The number of hydrogen-bond acceptors (Lipinski definition) is 4. The predicted octanol–water partition coefficient (Wildman–Crippen LogP) is 3.41. The third kappa shape index (κ3) is 4.15. The normalized spacial score (nSPS) is 10.3. The molecule has 0 bridgehead atoms. The van der Waals surface area contributed by atoms with Gasteiger partial charge in [-0.05, 0) is 23.8 Å². The van der Waals surface area contributed by atoms with Crippen LogP contribution in [0.1, 0.15) is 5.56 Å². The van der Waals surface area contributed by atoms with Gasteiger partial charge in [-0.1, -0.05) is 41.4 Å². The summed E-state index contributed by atoms with van der Waals surface area (Å²) in [6.07, 6.45) is -0.144. The number of carbonyl (C=O) groups is 2. The molecule has 5 nitrogen and oxygen atoms in total. The van der Waals surface area contributed by atoms with Crippen molar-refractivity contribution in [2.75, 3.05) is 12.3 Å². The number of nitrogens with two attached hydrogens (primary N) is 1. The van der Waals surface area contributed by atoms with Gasteiger partial charge in [-0.3, -0.25) is 4.79 Å². The monoisotopic (exact) mass is 353 g/mol. The van der Waals surface area contributed by atoms with Crippen molar-refractivity contribution in [3.63, 3.8) is 0 Å². The largest absolute Gasteiger partial charge is 0.479 e. The van der Waals surface area contributed by atoms with Gasteiger partial charge in [0.05, 0.1) is 6.42 Å². The zero-order valence-corrected chi connectivity index (χ0v) is 13.4. The molecule has 0 aliphatic heterocycles. The van der Waals surface area contributed by atoms with E-state index in [1.807, 2.05) is 0 Å². The Hall–Kier alpha value is -2.24. The summed E-state index contributed by atoms with van der Waals surface area (Å²) in [5, 5.41) is 9.34. The first-order chi connectivity index (χ1) is 10.9. The fourth-order valence-corrected chi connectivity index (χ4v) is 2.74. The average Bonchev–Trinajstić information content (AvgIpc) is 2.47. The van der Waals surface area contributed by atoms with E-state index in [-0.39, 0.29) is 6.42 Å². The fourth-order valence-electron chi connectivity index (χ4n) is 2.16. The number of nitrogen functional groups attached to an aromatic ring is 1. The zero-order chi connectivity index (χ0) is 17.0. The Labute approximate surface area is 142 Å². The van der Waals surface area contributed by atoms with E-state index in [1.54, 1.807) is 36.4 Å². The molecule has 2 rings (SSSR count). The number of benzene rings is 2. The molecule has 0 saturated carbocycles. The number of rotatable bonds is 5. The molecule has 0 fully saturated rings. The highest BCUT2D eigenvalue weighted by Gasteiger charge is 2.18. The van der Waals surface area contributed by atoms with E-state index in [0.717, 1.165) is 0 Å². The molecule has 0 heterocycles. The van der Waals surface area contributed by atoms with Crippen molar-refractivity contribution in [3.05, 3.63) is 52.0 Å². The number of hydrogen-bond donors (Lipinski definition) is 2.